The van der Waals surface area contributed by atoms with E-state index in [-0.39, 0.29) is 18.1 Å². The molecule has 0 saturated heterocycles. The van der Waals surface area contributed by atoms with Crippen LogP contribution in [0.4, 0.5) is 0 Å². The van der Waals surface area contributed by atoms with Crippen molar-refractivity contribution in [1.82, 2.24) is 5.32 Å². The Morgan fingerprint density at radius 3 is 2.42 bits per heavy atom. The summed E-state index contributed by atoms with van der Waals surface area (Å²) in [6.07, 6.45) is 0. The molecule has 0 fully saturated rings. The van der Waals surface area contributed by atoms with Gasteiger partial charge in [-0.25, -0.2) is 0 Å². The molecule has 0 aromatic heterocycles. The summed E-state index contributed by atoms with van der Waals surface area (Å²) in [5, 5.41) is 2.69. The van der Waals surface area contributed by atoms with E-state index < -0.39 is 0 Å². The fourth-order valence-electron chi connectivity index (χ4n) is 0.566. The largest absolute Gasteiger partial charge is 0.377 e. The van der Waals surface area contributed by atoms with Crippen molar-refractivity contribution in [2.45, 2.75) is 19.4 Å². The molecule has 1 N–H and O–H groups in total. The molecule has 4 heteroatoms. The van der Waals surface area contributed by atoms with Gasteiger partial charge in [0.05, 0.1) is 5.60 Å². The van der Waals surface area contributed by atoms with Crippen LogP contribution in [0.3, 0.4) is 0 Å². The smallest absolute Gasteiger partial charge is 0.246 e. The predicted molar refractivity (Wildman–Crippen MR) is 46.0 cm³/mol. The van der Waals surface area contributed by atoms with Crippen molar-refractivity contribution in [2.75, 3.05) is 27.4 Å². The lowest BCUT2D eigenvalue weighted by Gasteiger charge is -2.22. The van der Waals surface area contributed by atoms with Crippen molar-refractivity contribution in [3.8, 4) is 0 Å². The molecular weight excluding hydrogens is 158 g/mol. The van der Waals surface area contributed by atoms with Crippen LogP contribution in [0.15, 0.2) is 0 Å². The fraction of sp³-hybridized carbons (Fsp3) is 0.875. The van der Waals surface area contributed by atoms with Crippen LogP contribution in [-0.2, 0) is 14.3 Å². The number of hydrogen-bond acceptors (Lipinski definition) is 3. The first kappa shape index (κ1) is 11.4. The highest BCUT2D eigenvalue weighted by molar-refractivity contribution is 5.77. The molecule has 0 saturated carbocycles. The van der Waals surface area contributed by atoms with Gasteiger partial charge >= 0.3 is 0 Å². The molecule has 0 unspecified atom stereocenters. The zero-order chi connectivity index (χ0) is 9.61. The summed E-state index contributed by atoms with van der Waals surface area (Å²) in [5.74, 6) is -0.123. The van der Waals surface area contributed by atoms with Gasteiger partial charge in [-0.05, 0) is 13.8 Å². The minimum absolute atomic E-state index is 0.0970. The van der Waals surface area contributed by atoms with Gasteiger partial charge in [0.2, 0.25) is 5.91 Å². The van der Waals surface area contributed by atoms with E-state index in [0.717, 1.165) is 0 Å². The Morgan fingerprint density at radius 1 is 1.42 bits per heavy atom. The fourth-order valence-corrected chi connectivity index (χ4v) is 0.566. The summed E-state index contributed by atoms with van der Waals surface area (Å²) >= 11 is 0. The van der Waals surface area contributed by atoms with Crippen molar-refractivity contribution in [2.24, 2.45) is 0 Å². The lowest BCUT2D eigenvalue weighted by Crippen LogP contribution is -2.40. The third-order valence-electron chi connectivity index (χ3n) is 1.54. The maximum atomic E-state index is 10.9. The molecule has 72 valence electrons. The minimum atomic E-state index is -0.316. The molecule has 0 rings (SSSR count). The average molecular weight is 175 g/mol. The molecule has 0 aliphatic rings. The van der Waals surface area contributed by atoms with Crippen molar-refractivity contribution in [3.63, 3.8) is 0 Å². The summed E-state index contributed by atoms with van der Waals surface area (Å²) in [7, 11) is 3.10. The number of methoxy groups -OCH3 is 2. The Bertz CT molecular complexity index is 145. The zero-order valence-electron chi connectivity index (χ0n) is 8.14. The Morgan fingerprint density at radius 2 is 2.00 bits per heavy atom. The number of carbonyl (C=O) groups excluding carboxylic acids is 1. The Balaban J connectivity index is 3.60. The van der Waals surface area contributed by atoms with E-state index in [1.165, 1.54) is 7.11 Å². The van der Waals surface area contributed by atoms with Crippen molar-refractivity contribution in [1.29, 1.82) is 0 Å². The van der Waals surface area contributed by atoms with Gasteiger partial charge in [-0.15, -0.1) is 0 Å². The van der Waals surface area contributed by atoms with E-state index in [9.17, 15) is 4.79 Å². The van der Waals surface area contributed by atoms with E-state index in [2.05, 4.69) is 10.1 Å². The first-order valence-corrected chi connectivity index (χ1v) is 3.82. The Kier molecular flexibility index (Phi) is 4.85. The molecule has 0 atom stereocenters. The number of ether oxygens (including phenoxy) is 2. The lowest BCUT2D eigenvalue weighted by atomic mass is 10.1. The molecule has 0 bridgehead atoms. The number of carbonyl (C=O) groups is 1. The maximum Gasteiger partial charge on any atom is 0.246 e. The first-order chi connectivity index (χ1) is 5.52. The second-order valence-corrected chi connectivity index (χ2v) is 3.17. The molecule has 0 radical (unpaired) electrons. The van der Waals surface area contributed by atoms with Gasteiger partial charge in [0.25, 0.3) is 0 Å². The standard InChI is InChI=1S/C8H17NO3/c1-8(2,12-4)6-9-7(10)5-11-3/h5-6H2,1-4H3,(H,9,10). The van der Waals surface area contributed by atoms with E-state index in [1.807, 2.05) is 13.8 Å². The second kappa shape index (κ2) is 5.11. The van der Waals surface area contributed by atoms with Crippen LogP contribution in [-0.4, -0.2) is 38.9 Å². The number of hydrogen-bond donors (Lipinski definition) is 1. The first-order valence-electron chi connectivity index (χ1n) is 3.82. The number of nitrogens with one attached hydrogen (secondary N) is 1. The molecule has 0 aliphatic heterocycles. The predicted octanol–water partition coefficient (Wildman–Crippen LogP) is 0.174. The highest BCUT2D eigenvalue weighted by atomic mass is 16.5. The average Bonchev–Trinajstić information content (AvgIpc) is 2.02. The second-order valence-electron chi connectivity index (χ2n) is 3.17. The summed E-state index contributed by atoms with van der Waals surface area (Å²) in [6, 6.07) is 0. The van der Waals surface area contributed by atoms with Crippen molar-refractivity contribution < 1.29 is 14.3 Å². The van der Waals surface area contributed by atoms with Crippen LogP contribution >= 0.6 is 0 Å². The monoisotopic (exact) mass is 175 g/mol. The normalized spacial score (nSPS) is 11.3. The van der Waals surface area contributed by atoms with Crippen LogP contribution in [0.2, 0.25) is 0 Å². The third kappa shape index (κ3) is 5.09. The number of rotatable bonds is 5. The third-order valence-corrected chi connectivity index (χ3v) is 1.54. The van der Waals surface area contributed by atoms with Gasteiger partial charge in [0.1, 0.15) is 6.61 Å². The van der Waals surface area contributed by atoms with Gasteiger partial charge in [-0.2, -0.15) is 0 Å². The van der Waals surface area contributed by atoms with E-state index in [4.69, 9.17) is 4.74 Å². The van der Waals surface area contributed by atoms with E-state index in [0.29, 0.717) is 6.54 Å². The molecule has 0 heterocycles. The molecular formula is C8H17NO3. The zero-order valence-corrected chi connectivity index (χ0v) is 8.14. The van der Waals surface area contributed by atoms with E-state index >= 15 is 0 Å². The molecule has 0 aliphatic carbocycles. The van der Waals surface area contributed by atoms with Gasteiger partial charge in [0.15, 0.2) is 0 Å². The van der Waals surface area contributed by atoms with Gasteiger partial charge in [0, 0.05) is 20.8 Å². The lowest BCUT2D eigenvalue weighted by molar-refractivity contribution is -0.126. The summed E-state index contributed by atoms with van der Waals surface area (Å²) < 4.78 is 9.76. The van der Waals surface area contributed by atoms with E-state index in [1.54, 1.807) is 7.11 Å². The molecule has 0 aromatic rings. The van der Waals surface area contributed by atoms with Crippen LogP contribution in [0, 0.1) is 0 Å². The summed E-state index contributed by atoms with van der Waals surface area (Å²) in [4.78, 5) is 10.9. The van der Waals surface area contributed by atoms with Gasteiger partial charge < -0.3 is 14.8 Å². The van der Waals surface area contributed by atoms with Crippen LogP contribution < -0.4 is 5.32 Å². The highest BCUT2D eigenvalue weighted by Gasteiger charge is 2.16. The minimum Gasteiger partial charge on any atom is -0.377 e. The summed E-state index contributed by atoms with van der Waals surface area (Å²) in [6.45, 7) is 4.39. The van der Waals surface area contributed by atoms with Crippen molar-refractivity contribution >= 4 is 5.91 Å². The quantitative estimate of drug-likeness (QED) is 0.648. The van der Waals surface area contributed by atoms with Gasteiger partial charge in [-0.3, -0.25) is 4.79 Å². The maximum absolute atomic E-state index is 10.9. The topological polar surface area (TPSA) is 47.6 Å². The number of amides is 1. The molecule has 12 heavy (non-hydrogen) atoms. The Hall–Kier alpha value is -0.610. The highest BCUT2D eigenvalue weighted by Crippen LogP contribution is 2.04. The van der Waals surface area contributed by atoms with Crippen LogP contribution in [0.1, 0.15) is 13.8 Å². The SMILES string of the molecule is COCC(=O)NCC(C)(C)OC. The molecule has 1 amide bonds. The molecule has 0 spiro atoms. The summed E-state index contributed by atoms with van der Waals surface area (Å²) in [5.41, 5.74) is -0.316. The molecule has 4 nitrogen and oxygen atoms in total. The molecule has 0 aromatic carbocycles. The van der Waals surface area contributed by atoms with Gasteiger partial charge in [-0.1, -0.05) is 0 Å². The van der Waals surface area contributed by atoms with Crippen LogP contribution in [0.5, 0.6) is 0 Å². The Labute approximate surface area is 73.2 Å². The van der Waals surface area contributed by atoms with Crippen molar-refractivity contribution in [3.05, 3.63) is 0 Å². The van der Waals surface area contributed by atoms with Crippen LogP contribution in [0.25, 0.3) is 0 Å².